The Labute approximate surface area is 70.6 Å². The van der Waals surface area contributed by atoms with E-state index in [0.717, 1.165) is 0 Å². The molecule has 0 spiro atoms. The quantitative estimate of drug-likeness (QED) is 0.597. The average Bonchev–Trinajstić information content (AvgIpc) is 1.96. The van der Waals surface area contributed by atoms with Crippen molar-refractivity contribution in [3.8, 4) is 0 Å². The number of hydrogen-bond donors (Lipinski definition) is 1. The number of rotatable bonds is 1. The zero-order valence-corrected chi connectivity index (χ0v) is 7.13. The van der Waals surface area contributed by atoms with Crippen LogP contribution in [0.15, 0.2) is 12.3 Å². The predicted octanol–water partition coefficient (Wildman–Crippen LogP) is -0.0814. The lowest BCUT2D eigenvalue weighted by molar-refractivity contribution is -0.126. The molecule has 1 aliphatic heterocycles. The van der Waals surface area contributed by atoms with Crippen LogP contribution >= 0.6 is 0 Å². The summed E-state index contributed by atoms with van der Waals surface area (Å²) >= 11 is 0. The van der Waals surface area contributed by atoms with Crippen LogP contribution in [0.25, 0.3) is 0 Å². The summed E-state index contributed by atoms with van der Waals surface area (Å²) < 4.78 is 0. The minimum Gasteiger partial charge on any atom is -0.277 e. The number of hydrogen-bond acceptors (Lipinski definition) is 3. The Balaban J connectivity index is 2.79. The van der Waals surface area contributed by atoms with Gasteiger partial charge in [0, 0.05) is 12.7 Å². The van der Waals surface area contributed by atoms with Crippen molar-refractivity contribution in [1.29, 1.82) is 0 Å². The Kier molecular flexibility index (Phi) is 2.03. The van der Waals surface area contributed by atoms with Gasteiger partial charge in [-0.1, -0.05) is 6.58 Å². The monoisotopic (exact) mass is 169 g/mol. The summed E-state index contributed by atoms with van der Waals surface area (Å²) in [7, 11) is 1.58. The van der Waals surface area contributed by atoms with Crippen molar-refractivity contribution in [3.63, 3.8) is 0 Å². The number of carbonyl (C=O) groups excluding carboxylic acids is 2. The van der Waals surface area contributed by atoms with Crippen molar-refractivity contribution >= 4 is 11.9 Å². The highest BCUT2D eigenvalue weighted by molar-refractivity contribution is 5.97. The summed E-state index contributed by atoms with van der Waals surface area (Å²) in [4.78, 5) is 21.9. The Bertz CT molecular complexity index is 249. The van der Waals surface area contributed by atoms with Gasteiger partial charge in [-0.2, -0.15) is 0 Å². The van der Waals surface area contributed by atoms with E-state index in [-0.39, 0.29) is 12.5 Å². The van der Waals surface area contributed by atoms with E-state index in [2.05, 4.69) is 11.9 Å². The number of hydrazine groups is 1. The molecule has 1 saturated heterocycles. The van der Waals surface area contributed by atoms with Crippen molar-refractivity contribution in [2.24, 2.45) is 0 Å². The van der Waals surface area contributed by atoms with Gasteiger partial charge in [0.1, 0.15) is 6.54 Å². The van der Waals surface area contributed by atoms with Crippen LogP contribution in [-0.2, 0) is 4.79 Å². The van der Waals surface area contributed by atoms with Crippen LogP contribution in [0.2, 0.25) is 0 Å². The lowest BCUT2D eigenvalue weighted by atomic mass is 10.4. The molecule has 0 saturated carbocycles. The highest BCUT2D eigenvalue weighted by atomic mass is 16.2. The lowest BCUT2D eigenvalue weighted by Crippen LogP contribution is -2.58. The molecule has 1 rings (SSSR count). The molecule has 1 N–H and O–H groups in total. The van der Waals surface area contributed by atoms with Crippen LogP contribution in [-0.4, -0.2) is 35.5 Å². The Hall–Kier alpha value is -1.52. The number of nitrogens with zero attached hydrogens (tertiary/aromatic N) is 2. The summed E-state index contributed by atoms with van der Waals surface area (Å²) in [6.45, 7) is 5.54. The summed E-state index contributed by atoms with van der Waals surface area (Å²) in [5, 5.41) is 5.02. The fourth-order valence-electron chi connectivity index (χ4n) is 0.982. The van der Waals surface area contributed by atoms with Gasteiger partial charge in [-0.25, -0.2) is 9.80 Å². The highest BCUT2D eigenvalue weighted by Gasteiger charge is 2.26. The molecule has 0 bridgehead atoms. The molecule has 12 heavy (non-hydrogen) atoms. The van der Waals surface area contributed by atoms with Gasteiger partial charge in [-0.05, 0) is 6.92 Å². The van der Waals surface area contributed by atoms with E-state index in [4.69, 9.17) is 0 Å². The molecule has 0 aromatic heterocycles. The molecule has 1 aliphatic rings. The van der Waals surface area contributed by atoms with Gasteiger partial charge in [0.05, 0.1) is 0 Å². The Morgan fingerprint density at radius 2 is 2.17 bits per heavy atom. The summed E-state index contributed by atoms with van der Waals surface area (Å²) in [5.74, 6) is -0.305. The van der Waals surface area contributed by atoms with E-state index in [0.29, 0.717) is 5.70 Å². The first-order valence-electron chi connectivity index (χ1n) is 3.53. The number of amides is 3. The van der Waals surface area contributed by atoms with Gasteiger partial charge in [0.25, 0.3) is 0 Å². The standard InChI is InChI=1S/C7H11N3O2/c1-5(2)10-4-6(11)8-7(12)9(10)3/h1,4H2,2-3H3,(H,8,11,12). The number of urea groups is 1. The maximum absolute atomic E-state index is 11.0. The zero-order chi connectivity index (χ0) is 9.30. The first kappa shape index (κ1) is 8.58. The van der Waals surface area contributed by atoms with E-state index in [1.165, 1.54) is 10.0 Å². The van der Waals surface area contributed by atoms with Crippen molar-refractivity contribution in [3.05, 3.63) is 12.3 Å². The first-order valence-corrected chi connectivity index (χ1v) is 3.53. The van der Waals surface area contributed by atoms with Crippen molar-refractivity contribution in [2.75, 3.05) is 13.6 Å². The fraction of sp³-hybridized carbons (Fsp3) is 0.429. The topological polar surface area (TPSA) is 52.7 Å². The van der Waals surface area contributed by atoms with Crippen LogP contribution in [0.4, 0.5) is 4.79 Å². The Morgan fingerprint density at radius 3 is 2.67 bits per heavy atom. The summed E-state index contributed by atoms with van der Waals surface area (Å²) in [6.07, 6.45) is 0. The second-order valence-electron chi connectivity index (χ2n) is 2.67. The number of allylic oxidation sites excluding steroid dienone is 1. The molecule has 0 atom stereocenters. The smallest absolute Gasteiger partial charge is 0.277 e. The molecule has 66 valence electrons. The molecule has 0 unspecified atom stereocenters. The maximum Gasteiger partial charge on any atom is 0.342 e. The normalized spacial score (nSPS) is 17.8. The zero-order valence-electron chi connectivity index (χ0n) is 7.13. The first-order chi connectivity index (χ1) is 5.52. The molecule has 0 aromatic carbocycles. The SMILES string of the molecule is C=C(C)N1CC(=O)NC(=O)N1C. The van der Waals surface area contributed by atoms with Crippen LogP contribution in [0.5, 0.6) is 0 Å². The third-order valence-electron chi connectivity index (χ3n) is 1.64. The van der Waals surface area contributed by atoms with Crippen molar-refractivity contribution < 1.29 is 9.59 Å². The number of nitrogens with one attached hydrogen (secondary N) is 1. The van der Waals surface area contributed by atoms with E-state index in [9.17, 15) is 9.59 Å². The fourth-order valence-corrected chi connectivity index (χ4v) is 0.982. The van der Waals surface area contributed by atoms with Gasteiger partial charge in [-0.15, -0.1) is 0 Å². The largest absolute Gasteiger partial charge is 0.342 e. The lowest BCUT2D eigenvalue weighted by Gasteiger charge is -2.36. The molecule has 5 heteroatoms. The minimum absolute atomic E-state index is 0.150. The maximum atomic E-state index is 11.0. The van der Waals surface area contributed by atoms with Crippen LogP contribution in [0, 0.1) is 0 Å². The molecule has 0 radical (unpaired) electrons. The minimum atomic E-state index is -0.422. The second-order valence-corrected chi connectivity index (χ2v) is 2.67. The van der Waals surface area contributed by atoms with Gasteiger partial charge in [0.15, 0.2) is 0 Å². The molecule has 3 amide bonds. The van der Waals surface area contributed by atoms with Crippen LogP contribution in [0.3, 0.4) is 0 Å². The van der Waals surface area contributed by atoms with Crippen molar-refractivity contribution in [2.45, 2.75) is 6.92 Å². The molecule has 1 fully saturated rings. The Morgan fingerprint density at radius 1 is 1.58 bits per heavy atom. The van der Waals surface area contributed by atoms with E-state index in [1.807, 2.05) is 0 Å². The molecule has 1 heterocycles. The van der Waals surface area contributed by atoms with Gasteiger partial charge >= 0.3 is 6.03 Å². The average molecular weight is 169 g/mol. The van der Waals surface area contributed by atoms with Crippen LogP contribution in [0.1, 0.15) is 6.92 Å². The molecular weight excluding hydrogens is 158 g/mol. The summed E-state index contributed by atoms with van der Waals surface area (Å²) in [6, 6.07) is -0.422. The molecule has 5 nitrogen and oxygen atoms in total. The van der Waals surface area contributed by atoms with Gasteiger partial charge < -0.3 is 0 Å². The summed E-state index contributed by atoms with van der Waals surface area (Å²) in [5.41, 5.74) is 0.667. The van der Waals surface area contributed by atoms with Crippen LogP contribution < -0.4 is 5.32 Å². The van der Waals surface area contributed by atoms with E-state index in [1.54, 1.807) is 14.0 Å². The highest BCUT2D eigenvalue weighted by Crippen LogP contribution is 2.07. The molecular formula is C7H11N3O2. The van der Waals surface area contributed by atoms with Crippen molar-refractivity contribution in [1.82, 2.24) is 15.3 Å². The third-order valence-corrected chi connectivity index (χ3v) is 1.64. The van der Waals surface area contributed by atoms with E-state index >= 15 is 0 Å². The van der Waals surface area contributed by atoms with Gasteiger partial charge in [-0.3, -0.25) is 15.1 Å². The number of imide groups is 1. The van der Waals surface area contributed by atoms with Gasteiger partial charge in [0.2, 0.25) is 5.91 Å². The molecule has 0 aromatic rings. The molecule has 0 aliphatic carbocycles. The van der Waals surface area contributed by atoms with E-state index < -0.39 is 6.03 Å². The third kappa shape index (κ3) is 1.39. The second kappa shape index (κ2) is 2.84. The predicted molar refractivity (Wildman–Crippen MR) is 42.8 cm³/mol. The number of carbonyl (C=O) groups is 2.